The monoisotopic (exact) mass is 579 g/mol. The van der Waals surface area contributed by atoms with Crippen LogP contribution in [0.15, 0.2) is 53.0 Å². The molecular weight excluding hydrogens is 526 g/mol. The molecule has 0 spiro atoms. The van der Waals surface area contributed by atoms with E-state index in [1.165, 1.54) is 56.2 Å². The van der Waals surface area contributed by atoms with E-state index in [1.807, 2.05) is 0 Å². The summed E-state index contributed by atoms with van der Waals surface area (Å²) >= 11 is 1.74. The molecule has 0 aromatic carbocycles. The van der Waals surface area contributed by atoms with Gasteiger partial charge >= 0.3 is 0 Å². The van der Waals surface area contributed by atoms with Crippen LogP contribution in [-0.2, 0) is 11.8 Å². The lowest BCUT2D eigenvalue weighted by atomic mass is 9.57. The van der Waals surface area contributed by atoms with Gasteiger partial charge in [0.25, 0.3) is 0 Å². The number of unbranched alkanes of at least 4 members (excludes halogenated alkanes) is 2. The predicted molar refractivity (Wildman–Crippen MR) is 170 cm³/mol. The molecule has 0 radical (unpaired) electrons. The fourth-order valence-electron chi connectivity index (χ4n) is 8.54. The van der Waals surface area contributed by atoms with Crippen molar-refractivity contribution in [2.75, 3.05) is 0 Å². The van der Waals surface area contributed by atoms with Crippen molar-refractivity contribution in [3.05, 3.63) is 63.7 Å². The number of aliphatic hydroxyl groups is 3. The Morgan fingerprint density at radius 1 is 1.17 bits per heavy atom. The number of aryl methyl sites for hydroxylation is 1. The molecule has 4 fully saturated rings. The molecule has 41 heavy (non-hydrogen) atoms. The molecule has 4 nitrogen and oxygen atoms in total. The zero-order valence-electron chi connectivity index (χ0n) is 25.9. The number of thiazole rings is 1. The smallest absolute Gasteiger partial charge is 0.102 e. The largest absolute Gasteiger partial charge is 0.393 e. The van der Waals surface area contributed by atoms with Crippen LogP contribution in [0.5, 0.6) is 0 Å². The van der Waals surface area contributed by atoms with Crippen molar-refractivity contribution in [2.24, 2.45) is 22.7 Å². The van der Waals surface area contributed by atoms with Crippen molar-refractivity contribution in [3.63, 3.8) is 0 Å². The highest BCUT2D eigenvalue weighted by molar-refractivity contribution is 7.09. The molecule has 3 N–H and O–H groups in total. The van der Waals surface area contributed by atoms with Gasteiger partial charge in [0.2, 0.25) is 0 Å². The summed E-state index contributed by atoms with van der Waals surface area (Å²) in [5.41, 5.74) is 4.50. The van der Waals surface area contributed by atoms with Crippen molar-refractivity contribution in [2.45, 2.75) is 135 Å². The van der Waals surface area contributed by atoms with Gasteiger partial charge in [-0.05, 0) is 98.0 Å². The van der Waals surface area contributed by atoms with Crippen LogP contribution >= 0.6 is 11.3 Å². The number of fused-ring (bicyclic) bond motifs is 1. The van der Waals surface area contributed by atoms with E-state index in [2.05, 4.69) is 64.0 Å². The summed E-state index contributed by atoms with van der Waals surface area (Å²) in [5.74, 6) is 1.10. The summed E-state index contributed by atoms with van der Waals surface area (Å²) < 4.78 is 0. The Morgan fingerprint density at radius 3 is 2.68 bits per heavy atom. The van der Waals surface area contributed by atoms with Crippen LogP contribution in [0.3, 0.4) is 0 Å². The van der Waals surface area contributed by atoms with Gasteiger partial charge in [0.05, 0.1) is 29.4 Å². The second-order valence-corrected chi connectivity index (χ2v) is 15.4. The van der Waals surface area contributed by atoms with Gasteiger partial charge in [0, 0.05) is 11.8 Å². The average molecular weight is 580 g/mol. The Labute approximate surface area is 252 Å². The molecular formula is C36H53NO3S. The Kier molecular flexibility index (Phi) is 9.22. The molecule has 4 aliphatic carbocycles. The van der Waals surface area contributed by atoms with Gasteiger partial charge in [-0.3, -0.25) is 0 Å². The van der Waals surface area contributed by atoms with E-state index in [0.717, 1.165) is 41.8 Å². The van der Waals surface area contributed by atoms with Gasteiger partial charge in [0.1, 0.15) is 5.01 Å². The first-order valence-corrected chi connectivity index (χ1v) is 17.2. The molecule has 1 aromatic rings. The average Bonchev–Trinajstić information content (AvgIpc) is 3.45. The molecule has 1 aromatic heterocycles. The Bertz CT molecular complexity index is 1190. The number of allylic oxidation sites excluding steroid dienone is 4. The van der Waals surface area contributed by atoms with Crippen molar-refractivity contribution in [1.29, 1.82) is 0 Å². The molecule has 5 rings (SSSR count). The third-order valence-electron chi connectivity index (χ3n) is 11.2. The highest BCUT2D eigenvalue weighted by atomic mass is 32.1. The Hall–Kier alpha value is -1.53. The zero-order chi connectivity index (χ0) is 29.4. The predicted octanol–water partition coefficient (Wildman–Crippen LogP) is 7.99. The van der Waals surface area contributed by atoms with Gasteiger partial charge in [0.15, 0.2) is 0 Å². The highest BCUT2D eigenvalue weighted by Gasteiger charge is 2.54. The Morgan fingerprint density at radius 2 is 1.95 bits per heavy atom. The summed E-state index contributed by atoms with van der Waals surface area (Å²) in [5, 5.41) is 35.2. The topological polar surface area (TPSA) is 73.6 Å². The van der Waals surface area contributed by atoms with Crippen LogP contribution in [-0.4, -0.2) is 38.6 Å². The number of hydrogen-bond donors (Lipinski definition) is 3. The van der Waals surface area contributed by atoms with E-state index < -0.39 is 18.3 Å². The zero-order valence-corrected chi connectivity index (χ0v) is 26.7. The number of nitrogens with zero attached hydrogens (tertiary/aromatic N) is 1. The van der Waals surface area contributed by atoms with E-state index in [9.17, 15) is 15.3 Å². The van der Waals surface area contributed by atoms with Crippen LogP contribution in [0.2, 0.25) is 0 Å². The van der Waals surface area contributed by atoms with Gasteiger partial charge in [-0.15, -0.1) is 11.3 Å². The maximum atomic E-state index is 11.4. The molecule has 4 saturated carbocycles. The van der Waals surface area contributed by atoms with Crippen molar-refractivity contribution >= 4 is 11.3 Å². The second kappa shape index (κ2) is 12.2. The van der Waals surface area contributed by atoms with E-state index in [0.29, 0.717) is 24.7 Å². The fourth-order valence-corrected chi connectivity index (χ4v) is 9.69. The fraction of sp³-hybridized carbons (Fsp3) is 0.694. The molecule has 1 heterocycles. The van der Waals surface area contributed by atoms with E-state index in [1.54, 1.807) is 11.3 Å². The van der Waals surface area contributed by atoms with Gasteiger partial charge in [-0.1, -0.05) is 77.0 Å². The SMILES string of the molecule is C=C1/C(=C\C=C2/CCC[C@]3(C)[C@@H](C(C)(C)/C=C/[C@@H](O)C4(c5nc(CCCCC)cs5)CC4)CC[C@@H]23)C[C@@H](O)C[C@@H]1O. The quantitative estimate of drug-likeness (QED) is 0.194. The third-order valence-corrected chi connectivity index (χ3v) is 12.3. The third kappa shape index (κ3) is 6.25. The van der Waals surface area contributed by atoms with E-state index in [-0.39, 0.29) is 16.2 Å². The first-order valence-electron chi connectivity index (χ1n) is 16.3. The molecule has 0 aliphatic heterocycles. The van der Waals surface area contributed by atoms with Crippen LogP contribution < -0.4 is 0 Å². The van der Waals surface area contributed by atoms with Gasteiger partial charge in [-0.25, -0.2) is 4.98 Å². The van der Waals surface area contributed by atoms with Crippen LogP contribution in [0, 0.1) is 22.7 Å². The van der Waals surface area contributed by atoms with Crippen molar-refractivity contribution in [1.82, 2.24) is 4.98 Å². The number of hydrogen-bond acceptors (Lipinski definition) is 5. The second-order valence-electron chi connectivity index (χ2n) is 14.5. The first-order chi connectivity index (χ1) is 19.5. The Balaban J connectivity index is 1.28. The summed E-state index contributed by atoms with van der Waals surface area (Å²) in [7, 11) is 0. The summed E-state index contributed by atoms with van der Waals surface area (Å²) in [4.78, 5) is 4.98. The van der Waals surface area contributed by atoms with Crippen molar-refractivity contribution in [3.8, 4) is 0 Å². The molecule has 0 bridgehead atoms. The van der Waals surface area contributed by atoms with Crippen LogP contribution in [0.1, 0.15) is 115 Å². The van der Waals surface area contributed by atoms with Crippen molar-refractivity contribution < 1.29 is 15.3 Å². The molecule has 6 atom stereocenters. The minimum atomic E-state index is -0.642. The normalized spacial score (nSPS) is 34.5. The van der Waals surface area contributed by atoms with Crippen LogP contribution in [0.4, 0.5) is 0 Å². The minimum Gasteiger partial charge on any atom is -0.393 e. The van der Waals surface area contributed by atoms with Gasteiger partial charge < -0.3 is 15.3 Å². The number of aliphatic hydroxyl groups excluding tert-OH is 3. The standard InChI is InChI=1S/C36H53NO3S/c1-6-7-8-11-27-23-41-33(37-27)36(19-20-36)32(40)16-18-34(3,4)31-15-14-29-25(10-9-17-35(29,31)5)12-13-26-21-28(38)22-30(39)24(26)2/h12-13,16,18,23,28-32,38-40H,2,6-11,14-15,17,19-22H2,1,3-5H3/b18-16+,25-12+,26-13-/t28-,29+,30+,31-,32-,35+/m1/s1. The summed E-state index contributed by atoms with van der Waals surface area (Å²) in [6, 6.07) is 0. The van der Waals surface area contributed by atoms with Gasteiger partial charge in [-0.2, -0.15) is 0 Å². The summed E-state index contributed by atoms with van der Waals surface area (Å²) in [6.45, 7) is 13.6. The lowest BCUT2D eigenvalue weighted by molar-refractivity contribution is 0.0706. The maximum Gasteiger partial charge on any atom is 0.102 e. The number of rotatable bonds is 10. The summed E-state index contributed by atoms with van der Waals surface area (Å²) in [6.07, 6.45) is 20.9. The minimum absolute atomic E-state index is 0.0124. The van der Waals surface area contributed by atoms with E-state index >= 15 is 0 Å². The molecule has 226 valence electrons. The van der Waals surface area contributed by atoms with E-state index in [4.69, 9.17) is 4.98 Å². The first kappa shape index (κ1) is 30.9. The maximum absolute atomic E-state index is 11.4. The lowest BCUT2D eigenvalue weighted by Gasteiger charge is -2.47. The molecule has 4 aliphatic rings. The van der Waals surface area contributed by atoms with Crippen LogP contribution in [0.25, 0.3) is 0 Å². The highest BCUT2D eigenvalue weighted by Crippen LogP contribution is 2.62. The molecule has 5 heteroatoms. The lowest BCUT2D eigenvalue weighted by Crippen LogP contribution is -2.39. The molecule has 0 amide bonds. The number of aromatic nitrogens is 1. The molecule has 0 saturated heterocycles. The molecule has 0 unspecified atom stereocenters.